The molecule has 0 saturated heterocycles. The highest BCUT2D eigenvalue weighted by Gasteiger charge is 2.20. The number of hydrogen-bond acceptors (Lipinski definition) is 1. The number of hydrogen-bond donors (Lipinski definition) is 0. The minimum absolute atomic E-state index is 0.148. The monoisotopic (exact) mass is 308 g/mol. The van der Waals surface area contributed by atoms with Crippen LogP contribution in [-0.4, -0.2) is 5.78 Å². The first kappa shape index (κ1) is 14.8. The fourth-order valence-corrected chi connectivity index (χ4v) is 2.90. The molecule has 1 aliphatic carbocycles. The molecular formula is C20H17ClO. The van der Waals surface area contributed by atoms with Crippen LogP contribution in [0.2, 0.25) is 5.02 Å². The zero-order chi connectivity index (χ0) is 15.4. The maximum atomic E-state index is 12.7. The summed E-state index contributed by atoms with van der Waals surface area (Å²) in [5.74, 6) is 0.148. The van der Waals surface area contributed by atoms with E-state index in [1.807, 2.05) is 66.7 Å². The van der Waals surface area contributed by atoms with Crippen LogP contribution in [0.15, 0.2) is 65.7 Å². The average molecular weight is 309 g/mol. The van der Waals surface area contributed by atoms with Crippen LogP contribution in [0.4, 0.5) is 0 Å². The molecule has 2 aromatic carbocycles. The van der Waals surface area contributed by atoms with E-state index in [0.29, 0.717) is 5.02 Å². The van der Waals surface area contributed by atoms with Crippen molar-refractivity contribution >= 4 is 29.5 Å². The van der Waals surface area contributed by atoms with Gasteiger partial charge in [0, 0.05) is 16.2 Å². The molecule has 0 amide bonds. The molecule has 0 spiro atoms. The third kappa shape index (κ3) is 3.37. The number of Topliss-reactive ketones (excluding diaryl/α,β-unsaturated/α-hetero) is 1. The van der Waals surface area contributed by atoms with Crippen molar-refractivity contribution in [3.63, 3.8) is 0 Å². The highest BCUT2D eigenvalue weighted by molar-refractivity contribution is 6.32. The first-order valence-corrected chi connectivity index (χ1v) is 7.87. The van der Waals surface area contributed by atoms with Gasteiger partial charge in [0.1, 0.15) is 0 Å². The molecule has 0 aromatic heterocycles. The second-order valence-corrected chi connectivity index (χ2v) is 5.86. The van der Waals surface area contributed by atoms with Crippen LogP contribution in [-0.2, 0) is 4.79 Å². The summed E-state index contributed by atoms with van der Waals surface area (Å²) in [5, 5.41) is 0.682. The lowest BCUT2D eigenvalue weighted by atomic mass is 9.87. The van der Waals surface area contributed by atoms with Gasteiger partial charge in [0.25, 0.3) is 0 Å². The Bertz CT molecular complexity index is 741. The third-order valence-corrected chi connectivity index (χ3v) is 4.20. The van der Waals surface area contributed by atoms with Crippen molar-refractivity contribution in [2.75, 3.05) is 0 Å². The molecule has 0 aliphatic heterocycles. The fourth-order valence-electron chi connectivity index (χ4n) is 2.71. The average Bonchev–Trinajstić information content (AvgIpc) is 2.54. The molecule has 2 heteroatoms. The minimum Gasteiger partial charge on any atom is -0.289 e. The van der Waals surface area contributed by atoms with E-state index in [1.54, 1.807) is 0 Å². The molecule has 3 rings (SSSR count). The van der Waals surface area contributed by atoms with Gasteiger partial charge in [0.2, 0.25) is 0 Å². The van der Waals surface area contributed by atoms with E-state index in [1.165, 1.54) is 0 Å². The summed E-state index contributed by atoms with van der Waals surface area (Å²) in [6, 6.07) is 17.6. The second kappa shape index (κ2) is 6.76. The van der Waals surface area contributed by atoms with Gasteiger partial charge in [0.05, 0.1) is 0 Å². The summed E-state index contributed by atoms with van der Waals surface area (Å²) < 4.78 is 0. The van der Waals surface area contributed by atoms with Gasteiger partial charge in [-0.25, -0.2) is 0 Å². The van der Waals surface area contributed by atoms with Crippen molar-refractivity contribution in [3.8, 4) is 0 Å². The largest absolute Gasteiger partial charge is 0.289 e. The Balaban J connectivity index is 1.90. The molecule has 0 N–H and O–H groups in total. The molecule has 1 aliphatic rings. The Morgan fingerprint density at radius 2 is 1.45 bits per heavy atom. The molecule has 0 atom stereocenters. The Labute approximate surface area is 135 Å². The van der Waals surface area contributed by atoms with Crippen LogP contribution in [0, 0.1) is 0 Å². The lowest BCUT2D eigenvalue weighted by Crippen LogP contribution is -2.12. The van der Waals surface area contributed by atoms with Gasteiger partial charge < -0.3 is 0 Å². The number of benzene rings is 2. The van der Waals surface area contributed by atoms with Crippen LogP contribution < -0.4 is 0 Å². The SMILES string of the molecule is O=C1/C(=C/c2ccccc2)CCC/C1=C\c1ccccc1Cl. The molecule has 0 radical (unpaired) electrons. The lowest BCUT2D eigenvalue weighted by Gasteiger charge is -2.16. The summed E-state index contributed by atoms with van der Waals surface area (Å²) >= 11 is 6.19. The van der Waals surface area contributed by atoms with Crippen LogP contribution in [0.25, 0.3) is 12.2 Å². The van der Waals surface area contributed by atoms with Gasteiger partial charge in [-0.2, -0.15) is 0 Å². The molecular weight excluding hydrogens is 292 g/mol. The van der Waals surface area contributed by atoms with E-state index in [2.05, 4.69) is 0 Å². The molecule has 1 saturated carbocycles. The van der Waals surface area contributed by atoms with Crippen LogP contribution in [0.5, 0.6) is 0 Å². The van der Waals surface area contributed by atoms with Crippen molar-refractivity contribution < 1.29 is 4.79 Å². The first-order valence-electron chi connectivity index (χ1n) is 7.49. The number of carbonyl (C=O) groups is 1. The molecule has 0 bridgehead atoms. The first-order chi connectivity index (χ1) is 10.7. The van der Waals surface area contributed by atoms with E-state index in [9.17, 15) is 4.79 Å². The van der Waals surface area contributed by atoms with Gasteiger partial charge in [-0.15, -0.1) is 0 Å². The van der Waals surface area contributed by atoms with E-state index in [0.717, 1.165) is 41.5 Å². The summed E-state index contributed by atoms with van der Waals surface area (Å²) in [5.41, 5.74) is 3.72. The maximum Gasteiger partial charge on any atom is 0.185 e. The molecule has 0 heterocycles. The molecule has 2 aromatic rings. The quantitative estimate of drug-likeness (QED) is 0.664. The van der Waals surface area contributed by atoms with Crippen LogP contribution in [0.3, 0.4) is 0 Å². The smallest absolute Gasteiger partial charge is 0.185 e. The van der Waals surface area contributed by atoms with E-state index >= 15 is 0 Å². The fraction of sp³-hybridized carbons (Fsp3) is 0.150. The van der Waals surface area contributed by atoms with Crippen molar-refractivity contribution in [1.82, 2.24) is 0 Å². The Morgan fingerprint density at radius 1 is 0.818 bits per heavy atom. The van der Waals surface area contributed by atoms with Gasteiger partial charge in [0.15, 0.2) is 5.78 Å². The van der Waals surface area contributed by atoms with Gasteiger partial charge in [-0.1, -0.05) is 60.1 Å². The van der Waals surface area contributed by atoms with E-state index in [4.69, 9.17) is 11.6 Å². The van der Waals surface area contributed by atoms with Gasteiger partial charge in [-0.05, 0) is 48.6 Å². The topological polar surface area (TPSA) is 17.1 Å². The maximum absolute atomic E-state index is 12.7. The van der Waals surface area contributed by atoms with Crippen LogP contribution in [0.1, 0.15) is 30.4 Å². The summed E-state index contributed by atoms with van der Waals surface area (Å²) in [4.78, 5) is 12.7. The predicted molar refractivity (Wildman–Crippen MR) is 92.7 cm³/mol. The molecule has 110 valence electrons. The standard InChI is InChI=1S/C20H17ClO/c21-19-12-5-4-9-16(19)14-18-11-6-10-17(20(18)22)13-15-7-2-1-3-8-15/h1-5,7-9,12-14H,6,10-11H2/b17-13+,18-14+. The summed E-state index contributed by atoms with van der Waals surface area (Å²) in [6.45, 7) is 0. The number of allylic oxidation sites excluding steroid dienone is 2. The Hall–Kier alpha value is -2.12. The lowest BCUT2D eigenvalue weighted by molar-refractivity contribution is -0.112. The minimum atomic E-state index is 0.148. The Morgan fingerprint density at radius 3 is 2.18 bits per heavy atom. The van der Waals surface area contributed by atoms with E-state index < -0.39 is 0 Å². The zero-order valence-corrected chi connectivity index (χ0v) is 13.0. The zero-order valence-electron chi connectivity index (χ0n) is 12.3. The predicted octanol–water partition coefficient (Wildman–Crippen LogP) is 5.56. The van der Waals surface area contributed by atoms with Gasteiger partial charge >= 0.3 is 0 Å². The normalized spacial score (nSPS) is 18.9. The summed E-state index contributed by atoms with van der Waals surface area (Å²) in [7, 11) is 0. The highest BCUT2D eigenvalue weighted by Crippen LogP contribution is 2.29. The van der Waals surface area contributed by atoms with Crippen molar-refractivity contribution in [1.29, 1.82) is 0 Å². The highest BCUT2D eigenvalue weighted by atomic mass is 35.5. The number of rotatable bonds is 2. The van der Waals surface area contributed by atoms with Crippen LogP contribution >= 0.6 is 11.6 Å². The number of carbonyl (C=O) groups excluding carboxylic acids is 1. The molecule has 1 nitrogen and oxygen atoms in total. The second-order valence-electron chi connectivity index (χ2n) is 5.45. The molecule has 1 fully saturated rings. The molecule has 22 heavy (non-hydrogen) atoms. The molecule has 0 unspecified atom stereocenters. The van der Waals surface area contributed by atoms with Gasteiger partial charge in [-0.3, -0.25) is 4.79 Å². The third-order valence-electron chi connectivity index (χ3n) is 3.85. The number of halogens is 1. The number of ketones is 1. The summed E-state index contributed by atoms with van der Waals surface area (Å²) in [6.07, 6.45) is 6.59. The van der Waals surface area contributed by atoms with Crippen molar-refractivity contribution in [2.45, 2.75) is 19.3 Å². The van der Waals surface area contributed by atoms with Crippen molar-refractivity contribution in [3.05, 3.63) is 81.9 Å². The Kier molecular flexibility index (Phi) is 4.55. The van der Waals surface area contributed by atoms with Crippen molar-refractivity contribution in [2.24, 2.45) is 0 Å². The van der Waals surface area contributed by atoms with E-state index in [-0.39, 0.29) is 5.78 Å².